The number of hydrogen-bond donors (Lipinski definition) is 1. The van der Waals surface area contributed by atoms with Crippen LogP contribution in [0.2, 0.25) is 0 Å². The molecule has 90 valence electrons. The van der Waals surface area contributed by atoms with E-state index >= 15 is 0 Å². The van der Waals surface area contributed by atoms with Crippen molar-refractivity contribution in [3.05, 3.63) is 24.4 Å². The quantitative estimate of drug-likeness (QED) is 0.707. The molecular formula is C9H12N6O2. The van der Waals surface area contributed by atoms with Gasteiger partial charge in [-0.05, 0) is 6.07 Å². The molecule has 0 bridgehead atoms. The molecule has 2 N–H and O–H groups in total. The third-order valence-corrected chi connectivity index (χ3v) is 2.12. The lowest BCUT2D eigenvalue weighted by atomic mass is 10.6. The fourth-order valence-corrected chi connectivity index (χ4v) is 1.24. The molecule has 0 aliphatic rings. The Morgan fingerprint density at radius 2 is 2.41 bits per heavy atom. The number of ether oxygens (including phenoxy) is 1. The summed E-state index contributed by atoms with van der Waals surface area (Å²) in [5.41, 5.74) is 5.42. The van der Waals surface area contributed by atoms with Gasteiger partial charge in [-0.1, -0.05) is 0 Å². The molecule has 2 aromatic heterocycles. The fourth-order valence-electron chi connectivity index (χ4n) is 1.24. The Bertz CT molecular complexity index is 517. The van der Waals surface area contributed by atoms with Crippen LogP contribution in [0, 0.1) is 0 Å². The average molecular weight is 236 g/mol. The predicted molar refractivity (Wildman–Crippen MR) is 57.4 cm³/mol. The van der Waals surface area contributed by atoms with Gasteiger partial charge in [-0.2, -0.15) is 10.2 Å². The van der Waals surface area contributed by atoms with Gasteiger partial charge in [0, 0.05) is 13.2 Å². The lowest BCUT2D eigenvalue weighted by molar-refractivity contribution is -0.146. The summed E-state index contributed by atoms with van der Waals surface area (Å²) in [6.07, 6.45) is 3.01. The maximum absolute atomic E-state index is 11.4. The molecule has 0 saturated carbocycles. The molecule has 2 rings (SSSR count). The lowest BCUT2D eigenvalue weighted by Crippen LogP contribution is -2.15. The number of nitrogens with zero attached hydrogens (tertiary/aromatic N) is 5. The smallest absolute Gasteiger partial charge is 0.328 e. The van der Waals surface area contributed by atoms with Crippen LogP contribution in [0.25, 0.3) is 0 Å². The highest BCUT2D eigenvalue weighted by atomic mass is 16.5. The van der Waals surface area contributed by atoms with E-state index in [9.17, 15) is 4.79 Å². The second kappa shape index (κ2) is 4.64. The molecule has 2 heterocycles. The highest BCUT2D eigenvalue weighted by Crippen LogP contribution is 1.98. The number of carbonyl (C=O) groups excluding carboxylic acids is 1. The van der Waals surface area contributed by atoms with Gasteiger partial charge in [0.1, 0.15) is 18.7 Å². The van der Waals surface area contributed by atoms with Gasteiger partial charge in [-0.3, -0.25) is 14.2 Å². The SMILES string of the molecule is Cn1ncnc1COC(=O)Cn1ccc(N)n1. The van der Waals surface area contributed by atoms with Crippen LogP contribution in [0.5, 0.6) is 0 Å². The summed E-state index contributed by atoms with van der Waals surface area (Å²) in [4.78, 5) is 15.4. The predicted octanol–water partition coefficient (Wildman–Crippen LogP) is -0.663. The van der Waals surface area contributed by atoms with E-state index < -0.39 is 5.97 Å². The van der Waals surface area contributed by atoms with Crippen LogP contribution in [-0.4, -0.2) is 30.5 Å². The maximum Gasteiger partial charge on any atom is 0.328 e. The molecule has 0 saturated heterocycles. The zero-order valence-corrected chi connectivity index (χ0v) is 9.28. The van der Waals surface area contributed by atoms with Crippen molar-refractivity contribution in [3.8, 4) is 0 Å². The third-order valence-electron chi connectivity index (χ3n) is 2.12. The van der Waals surface area contributed by atoms with Crippen molar-refractivity contribution in [1.29, 1.82) is 0 Å². The van der Waals surface area contributed by atoms with Crippen molar-refractivity contribution in [2.45, 2.75) is 13.2 Å². The Kier molecular flexibility index (Phi) is 3.03. The summed E-state index contributed by atoms with van der Waals surface area (Å²) in [5.74, 6) is 0.542. The molecule has 17 heavy (non-hydrogen) atoms. The summed E-state index contributed by atoms with van der Waals surface area (Å²) in [6, 6.07) is 1.61. The minimum absolute atomic E-state index is 0.0229. The van der Waals surface area contributed by atoms with Gasteiger partial charge >= 0.3 is 5.97 Å². The Balaban J connectivity index is 1.84. The molecule has 0 radical (unpaired) electrons. The van der Waals surface area contributed by atoms with E-state index in [0.29, 0.717) is 11.6 Å². The van der Waals surface area contributed by atoms with Crippen molar-refractivity contribution in [1.82, 2.24) is 24.5 Å². The number of anilines is 1. The monoisotopic (exact) mass is 236 g/mol. The zero-order valence-electron chi connectivity index (χ0n) is 9.28. The van der Waals surface area contributed by atoms with Crippen molar-refractivity contribution < 1.29 is 9.53 Å². The summed E-state index contributed by atoms with van der Waals surface area (Å²) in [5, 5.41) is 7.74. The average Bonchev–Trinajstić information content (AvgIpc) is 2.85. The van der Waals surface area contributed by atoms with E-state index in [-0.39, 0.29) is 13.2 Å². The molecular weight excluding hydrogens is 224 g/mol. The number of carbonyl (C=O) groups is 1. The Hall–Kier alpha value is -2.38. The highest BCUT2D eigenvalue weighted by molar-refractivity contribution is 5.69. The first kappa shape index (κ1) is 11.1. The summed E-state index contributed by atoms with van der Waals surface area (Å²) in [6.45, 7) is 0.112. The number of aromatic nitrogens is 5. The standard InChI is InChI=1S/C9H12N6O2/c1-14-8(11-6-12-14)5-17-9(16)4-15-3-2-7(10)13-15/h2-3,6H,4-5H2,1H3,(H2,10,13). The van der Waals surface area contributed by atoms with Gasteiger partial charge < -0.3 is 10.5 Å². The maximum atomic E-state index is 11.4. The van der Waals surface area contributed by atoms with Crippen LogP contribution in [0.4, 0.5) is 5.82 Å². The van der Waals surface area contributed by atoms with Crippen molar-refractivity contribution in [3.63, 3.8) is 0 Å². The number of nitrogens with two attached hydrogens (primary N) is 1. The van der Waals surface area contributed by atoms with Crippen LogP contribution in [-0.2, 0) is 29.7 Å². The first-order valence-corrected chi connectivity index (χ1v) is 4.92. The van der Waals surface area contributed by atoms with E-state index in [0.717, 1.165) is 0 Å². The first-order chi connectivity index (χ1) is 8.15. The fraction of sp³-hybridized carbons (Fsp3) is 0.333. The van der Waals surface area contributed by atoms with Crippen LogP contribution >= 0.6 is 0 Å². The molecule has 2 aromatic rings. The lowest BCUT2D eigenvalue weighted by Gasteiger charge is -2.04. The zero-order chi connectivity index (χ0) is 12.3. The van der Waals surface area contributed by atoms with Gasteiger partial charge in [0.05, 0.1) is 0 Å². The van der Waals surface area contributed by atoms with Crippen LogP contribution < -0.4 is 5.73 Å². The minimum atomic E-state index is -0.406. The van der Waals surface area contributed by atoms with E-state index in [1.54, 1.807) is 24.0 Å². The molecule has 0 aromatic carbocycles. The Morgan fingerprint density at radius 3 is 3.00 bits per heavy atom. The molecule has 0 aliphatic carbocycles. The Morgan fingerprint density at radius 1 is 1.59 bits per heavy atom. The van der Waals surface area contributed by atoms with Gasteiger partial charge in [0.15, 0.2) is 12.4 Å². The van der Waals surface area contributed by atoms with Gasteiger partial charge in [0.2, 0.25) is 0 Å². The molecule has 0 amide bonds. The number of esters is 1. The van der Waals surface area contributed by atoms with Crippen LogP contribution in [0.3, 0.4) is 0 Å². The van der Waals surface area contributed by atoms with Crippen molar-refractivity contribution >= 4 is 11.8 Å². The van der Waals surface area contributed by atoms with E-state index in [1.165, 1.54) is 11.0 Å². The molecule has 0 unspecified atom stereocenters. The largest absolute Gasteiger partial charge is 0.456 e. The van der Waals surface area contributed by atoms with E-state index in [4.69, 9.17) is 10.5 Å². The van der Waals surface area contributed by atoms with Crippen LogP contribution in [0.15, 0.2) is 18.6 Å². The van der Waals surface area contributed by atoms with Crippen LogP contribution in [0.1, 0.15) is 5.82 Å². The van der Waals surface area contributed by atoms with Gasteiger partial charge in [-0.25, -0.2) is 4.98 Å². The number of aryl methyl sites for hydroxylation is 1. The molecule has 8 nitrogen and oxygen atoms in total. The molecule has 0 spiro atoms. The second-order valence-electron chi connectivity index (χ2n) is 3.40. The number of nitrogen functional groups attached to an aromatic ring is 1. The summed E-state index contributed by atoms with van der Waals surface area (Å²) < 4.78 is 7.97. The molecule has 0 fully saturated rings. The second-order valence-corrected chi connectivity index (χ2v) is 3.40. The molecule has 0 atom stereocenters. The van der Waals surface area contributed by atoms with Crippen molar-refractivity contribution in [2.24, 2.45) is 7.05 Å². The summed E-state index contributed by atoms with van der Waals surface area (Å²) in [7, 11) is 1.73. The molecule has 8 heteroatoms. The topological polar surface area (TPSA) is 101 Å². The third kappa shape index (κ3) is 2.80. The van der Waals surface area contributed by atoms with Gasteiger partial charge in [-0.15, -0.1) is 0 Å². The Labute approximate surface area is 97.0 Å². The summed E-state index contributed by atoms with van der Waals surface area (Å²) >= 11 is 0. The molecule has 0 aliphatic heterocycles. The van der Waals surface area contributed by atoms with E-state index in [1.807, 2.05) is 0 Å². The first-order valence-electron chi connectivity index (χ1n) is 4.92. The normalized spacial score (nSPS) is 10.4. The van der Waals surface area contributed by atoms with Crippen molar-refractivity contribution in [2.75, 3.05) is 5.73 Å². The number of rotatable bonds is 4. The van der Waals surface area contributed by atoms with Gasteiger partial charge in [0.25, 0.3) is 0 Å². The number of hydrogen-bond acceptors (Lipinski definition) is 6. The highest BCUT2D eigenvalue weighted by Gasteiger charge is 2.08. The minimum Gasteiger partial charge on any atom is -0.456 e. The van der Waals surface area contributed by atoms with E-state index in [2.05, 4.69) is 15.2 Å².